The summed E-state index contributed by atoms with van der Waals surface area (Å²) < 4.78 is 0. The summed E-state index contributed by atoms with van der Waals surface area (Å²) in [6.07, 6.45) is 6.19. The lowest BCUT2D eigenvalue weighted by Crippen LogP contribution is -2.49. The van der Waals surface area contributed by atoms with Crippen LogP contribution in [0.3, 0.4) is 0 Å². The Kier molecular flexibility index (Phi) is 2.20. The van der Waals surface area contributed by atoms with Crippen LogP contribution >= 0.6 is 0 Å². The zero-order chi connectivity index (χ0) is 9.59. The molecular formula is C11H20N2. The van der Waals surface area contributed by atoms with E-state index < -0.39 is 0 Å². The molecule has 1 saturated carbocycles. The second-order valence-electron chi connectivity index (χ2n) is 4.86. The molecule has 0 aromatic carbocycles. The molecule has 0 aromatic rings. The van der Waals surface area contributed by atoms with Crippen molar-refractivity contribution in [1.82, 2.24) is 9.80 Å². The molecule has 2 aliphatic carbocycles. The topological polar surface area (TPSA) is 6.48 Å². The first-order chi connectivity index (χ1) is 6.11. The first-order valence-electron chi connectivity index (χ1n) is 5.12. The average Bonchev–Trinajstić information content (AvgIpc) is 2.60. The molecule has 0 radical (unpaired) electrons. The van der Waals surface area contributed by atoms with E-state index in [0.717, 1.165) is 23.9 Å². The molecule has 0 N–H and O–H groups in total. The Bertz CT molecular complexity index is 198. The van der Waals surface area contributed by atoms with Gasteiger partial charge in [0.15, 0.2) is 0 Å². The van der Waals surface area contributed by atoms with Crippen molar-refractivity contribution in [2.45, 2.75) is 18.5 Å². The van der Waals surface area contributed by atoms with Gasteiger partial charge >= 0.3 is 0 Å². The fourth-order valence-electron chi connectivity index (χ4n) is 3.15. The summed E-state index contributed by atoms with van der Waals surface area (Å²) in [6.45, 7) is 0. The molecule has 0 aromatic heterocycles. The fourth-order valence-corrected chi connectivity index (χ4v) is 3.15. The lowest BCUT2D eigenvalue weighted by Gasteiger charge is -2.37. The maximum absolute atomic E-state index is 2.41. The van der Waals surface area contributed by atoms with Gasteiger partial charge < -0.3 is 9.80 Å². The summed E-state index contributed by atoms with van der Waals surface area (Å²) in [7, 11) is 8.82. The lowest BCUT2D eigenvalue weighted by molar-refractivity contribution is 0.141. The van der Waals surface area contributed by atoms with Crippen molar-refractivity contribution >= 4 is 0 Å². The van der Waals surface area contributed by atoms with E-state index in [9.17, 15) is 0 Å². The van der Waals surface area contributed by atoms with E-state index in [1.54, 1.807) is 0 Å². The van der Waals surface area contributed by atoms with E-state index in [0.29, 0.717) is 0 Å². The minimum absolute atomic E-state index is 0.727. The number of hydrogen-bond acceptors (Lipinski definition) is 2. The molecule has 13 heavy (non-hydrogen) atoms. The molecule has 2 nitrogen and oxygen atoms in total. The predicted molar refractivity (Wildman–Crippen MR) is 55.7 cm³/mol. The van der Waals surface area contributed by atoms with Crippen LogP contribution in [-0.4, -0.2) is 50.1 Å². The third-order valence-corrected chi connectivity index (χ3v) is 3.57. The fraction of sp³-hybridized carbons (Fsp3) is 0.818. The number of fused-ring (bicyclic) bond motifs is 2. The van der Waals surface area contributed by atoms with Crippen molar-refractivity contribution in [3.8, 4) is 0 Å². The highest BCUT2D eigenvalue weighted by Gasteiger charge is 2.46. The van der Waals surface area contributed by atoms with Gasteiger partial charge in [0.05, 0.1) is 0 Å². The number of rotatable bonds is 2. The Morgan fingerprint density at radius 3 is 1.54 bits per heavy atom. The van der Waals surface area contributed by atoms with E-state index >= 15 is 0 Å². The Hall–Kier alpha value is -0.340. The van der Waals surface area contributed by atoms with Crippen molar-refractivity contribution in [2.75, 3.05) is 28.2 Å². The van der Waals surface area contributed by atoms with Crippen LogP contribution in [0.4, 0.5) is 0 Å². The summed E-state index contributed by atoms with van der Waals surface area (Å²) in [6, 6.07) is 1.45. The van der Waals surface area contributed by atoms with Crippen molar-refractivity contribution in [3.63, 3.8) is 0 Å². The van der Waals surface area contributed by atoms with E-state index in [-0.39, 0.29) is 0 Å². The molecule has 74 valence electrons. The lowest BCUT2D eigenvalue weighted by atomic mass is 9.94. The standard InChI is InChI=1S/C11H20N2/c1-12(2)10-8-5-6-9(7-8)11(10)13(3)4/h5-6,8-11H,7H2,1-4H3. The van der Waals surface area contributed by atoms with Crippen LogP contribution in [0.15, 0.2) is 12.2 Å². The second kappa shape index (κ2) is 3.10. The average molecular weight is 180 g/mol. The number of hydrogen-bond donors (Lipinski definition) is 0. The van der Waals surface area contributed by atoms with Crippen LogP contribution in [0.2, 0.25) is 0 Å². The van der Waals surface area contributed by atoms with E-state index in [4.69, 9.17) is 0 Å². The molecule has 0 amide bonds. The third-order valence-electron chi connectivity index (χ3n) is 3.57. The maximum atomic E-state index is 2.41. The summed E-state index contributed by atoms with van der Waals surface area (Å²) in [5, 5.41) is 0. The van der Waals surface area contributed by atoms with Crippen LogP contribution in [-0.2, 0) is 0 Å². The highest BCUT2D eigenvalue weighted by molar-refractivity contribution is 5.18. The quantitative estimate of drug-likeness (QED) is 0.586. The van der Waals surface area contributed by atoms with Gasteiger partial charge in [-0.3, -0.25) is 0 Å². The van der Waals surface area contributed by atoms with Crippen molar-refractivity contribution < 1.29 is 0 Å². The molecule has 0 aliphatic heterocycles. The zero-order valence-corrected chi connectivity index (χ0v) is 9.07. The van der Waals surface area contributed by atoms with Gasteiger partial charge in [-0.1, -0.05) is 12.2 Å². The molecular weight excluding hydrogens is 160 g/mol. The van der Waals surface area contributed by atoms with Crippen LogP contribution in [0.1, 0.15) is 6.42 Å². The second-order valence-corrected chi connectivity index (χ2v) is 4.86. The van der Waals surface area contributed by atoms with Crippen molar-refractivity contribution in [1.29, 1.82) is 0 Å². The van der Waals surface area contributed by atoms with Crippen LogP contribution in [0.5, 0.6) is 0 Å². The van der Waals surface area contributed by atoms with Crippen molar-refractivity contribution in [2.24, 2.45) is 11.8 Å². The predicted octanol–water partition coefficient (Wildman–Crippen LogP) is 1.05. The van der Waals surface area contributed by atoms with Gasteiger partial charge in [-0.15, -0.1) is 0 Å². The SMILES string of the molecule is CN(C)C1C2C=CC(C2)C1N(C)C. The normalized spacial score (nSPS) is 42.6. The molecule has 2 aliphatic rings. The van der Waals surface area contributed by atoms with Crippen LogP contribution in [0.25, 0.3) is 0 Å². The number of likely N-dealkylation sites (N-methyl/N-ethyl adjacent to an activating group) is 2. The first kappa shape index (κ1) is 9.22. The molecule has 2 rings (SSSR count). The van der Waals surface area contributed by atoms with Gasteiger partial charge in [-0.2, -0.15) is 0 Å². The molecule has 2 bridgehead atoms. The minimum atomic E-state index is 0.727. The molecule has 4 unspecified atom stereocenters. The molecule has 0 spiro atoms. The largest absolute Gasteiger partial charge is 0.304 e. The van der Waals surface area contributed by atoms with E-state index in [1.807, 2.05) is 0 Å². The summed E-state index contributed by atoms with van der Waals surface area (Å²) in [5.41, 5.74) is 0. The van der Waals surface area contributed by atoms with Gasteiger partial charge in [0, 0.05) is 12.1 Å². The van der Waals surface area contributed by atoms with Gasteiger partial charge in [0.25, 0.3) is 0 Å². The van der Waals surface area contributed by atoms with E-state index in [2.05, 4.69) is 50.1 Å². The molecule has 0 saturated heterocycles. The minimum Gasteiger partial charge on any atom is -0.304 e. The molecule has 4 atom stereocenters. The highest BCUT2D eigenvalue weighted by atomic mass is 15.2. The number of nitrogens with zero attached hydrogens (tertiary/aromatic N) is 2. The van der Waals surface area contributed by atoms with Crippen LogP contribution < -0.4 is 0 Å². The Morgan fingerprint density at radius 1 is 0.846 bits per heavy atom. The molecule has 0 heterocycles. The maximum Gasteiger partial charge on any atom is 0.0313 e. The highest BCUT2D eigenvalue weighted by Crippen LogP contribution is 2.42. The molecule has 1 fully saturated rings. The van der Waals surface area contributed by atoms with E-state index in [1.165, 1.54) is 6.42 Å². The Balaban J connectivity index is 2.20. The van der Waals surface area contributed by atoms with Crippen molar-refractivity contribution in [3.05, 3.63) is 12.2 Å². The van der Waals surface area contributed by atoms with Gasteiger partial charge in [-0.25, -0.2) is 0 Å². The van der Waals surface area contributed by atoms with Gasteiger partial charge in [0.1, 0.15) is 0 Å². The summed E-state index contributed by atoms with van der Waals surface area (Å²) in [5.74, 6) is 1.60. The first-order valence-corrected chi connectivity index (χ1v) is 5.12. The third kappa shape index (κ3) is 1.32. The summed E-state index contributed by atoms with van der Waals surface area (Å²) in [4.78, 5) is 4.78. The monoisotopic (exact) mass is 180 g/mol. The smallest absolute Gasteiger partial charge is 0.0313 e. The van der Waals surface area contributed by atoms with Gasteiger partial charge in [0.2, 0.25) is 0 Å². The van der Waals surface area contributed by atoms with Gasteiger partial charge in [-0.05, 0) is 46.4 Å². The van der Waals surface area contributed by atoms with Crippen LogP contribution in [0, 0.1) is 11.8 Å². The Morgan fingerprint density at radius 2 is 1.23 bits per heavy atom. The Labute approximate surface area is 81.2 Å². The summed E-state index contributed by atoms with van der Waals surface area (Å²) >= 11 is 0. The zero-order valence-electron chi connectivity index (χ0n) is 9.07. The molecule has 2 heteroatoms.